The molecule has 0 radical (unpaired) electrons. The summed E-state index contributed by atoms with van der Waals surface area (Å²) in [6.07, 6.45) is 22.7. The zero-order chi connectivity index (χ0) is 49.7. The summed E-state index contributed by atoms with van der Waals surface area (Å²) in [5, 5.41) is 4.23. The number of benzene rings is 5. The van der Waals surface area contributed by atoms with Gasteiger partial charge in [0.15, 0.2) is 0 Å². The van der Waals surface area contributed by atoms with E-state index in [1.54, 1.807) is 6.08 Å². The van der Waals surface area contributed by atoms with Gasteiger partial charge in [-0.1, -0.05) is 235 Å². The summed E-state index contributed by atoms with van der Waals surface area (Å²) in [5.41, 5.74) is 15.5. The van der Waals surface area contributed by atoms with Crippen molar-refractivity contribution in [2.45, 2.75) is 103 Å². The topological polar surface area (TPSA) is 25.2 Å². The van der Waals surface area contributed by atoms with E-state index in [0.717, 1.165) is 90.2 Å². The predicted octanol–water partition coefficient (Wildman–Crippen LogP) is 18.2. The zero-order valence-electron chi connectivity index (χ0n) is 43.2. The third-order valence-corrected chi connectivity index (χ3v) is 10.7. The second-order valence-corrected chi connectivity index (χ2v) is 14.2. The molecule has 0 saturated heterocycles. The van der Waals surface area contributed by atoms with E-state index in [4.69, 9.17) is 4.99 Å². The summed E-state index contributed by atoms with van der Waals surface area (Å²) < 4.78 is 0. The van der Waals surface area contributed by atoms with Crippen molar-refractivity contribution >= 4 is 39.9 Å². The maximum atomic E-state index is 5.31. The van der Waals surface area contributed by atoms with Gasteiger partial charge in [0, 0.05) is 39.8 Å². The maximum Gasteiger partial charge on any atom is 0.0783 e. The van der Waals surface area contributed by atoms with Gasteiger partial charge in [-0.15, -0.1) is 0 Å². The largest absolute Gasteiger partial charge is 0.263 e. The molecule has 6 aromatic rings. The van der Waals surface area contributed by atoms with Crippen LogP contribution in [0, 0.1) is 0 Å². The van der Waals surface area contributed by atoms with E-state index in [2.05, 4.69) is 179 Å². The number of aliphatic imine (C=N–C) groups is 1. The first kappa shape index (κ1) is 56.2. The van der Waals surface area contributed by atoms with Crippen LogP contribution in [0.15, 0.2) is 206 Å². The lowest BCUT2D eigenvalue weighted by Crippen LogP contribution is -2.25. The third-order valence-electron chi connectivity index (χ3n) is 10.7. The second kappa shape index (κ2) is 31.1. The van der Waals surface area contributed by atoms with E-state index in [9.17, 15) is 0 Å². The van der Waals surface area contributed by atoms with Gasteiger partial charge in [-0.05, 0) is 118 Å². The van der Waals surface area contributed by atoms with Crippen LogP contribution in [0.1, 0.15) is 125 Å². The van der Waals surface area contributed by atoms with Crippen molar-refractivity contribution < 1.29 is 0 Å². The van der Waals surface area contributed by atoms with Gasteiger partial charge < -0.3 is 0 Å². The number of aromatic nitrogens is 1. The number of rotatable bonds is 11. The molecule has 1 heterocycles. The van der Waals surface area contributed by atoms with Gasteiger partial charge in [-0.2, -0.15) is 0 Å². The Balaban J connectivity index is 0.00000145. The number of hydrogen-bond donors (Lipinski definition) is 0. The van der Waals surface area contributed by atoms with Crippen molar-refractivity contribution in [3.63, 3.8) is 0 Å². The molecule has 0 amide bonds. The fourth-order valence-electron chi connectivity index (χ4n) is 7.61. The molecule has 1 aromatic heterocycles. The molecule has 2 nitrogen and oxygen atoms in total. The van der Waals surface area contributed by atoms with Gasteiger partial charge in [-0.25, -0.2) is 0 Å². The zero-order valence-corrected chi connectivity index (χ0v) is 43.2. The fourth-order valence-corrected chi connectivity index (χ4v) is 7.61. The molecule has 0 atom stereocenters. The first-order valence-corrected chi connectivity index (χ1v) is 24.6. The summed E-state index contributed by atoms with van der Waals surface area (Å²) in [6, 6.07) is 41.0. The Morgan fingerprint density at radius 3 is 1.87 bits per heavy atom. The normalized spacial score (nSPS) is 12.6. The van der Waals surface area contributed by atoms with Gasteiger partial charge in [0.05, 0.1) is 5.70 Å². The second-order valence-electron chi connectivity index (χ2n) is 14.2. The molecule has 0 N–H and O–H groups in total. The highest BCUT2D eigenvalue weighted by molar-refractivity contribution is 6.02. The molecular formula is C65H78N2. The number of allylic oxidation sites excluding steroid dienone is 12. The Morgan fingerprint density at radius 2 is 1.24 bits per heavy atom. The third kappa shape index (κ3) is 14.8. The minimum Gasteiger partial charge on any atom is -0.263 e. The molecule has 1 aliphatic rings. The van der Waals surface area contributed by atoms with Crippen LogP contribution in [0.25, 0.3) is 56.4 Å². The Hall–Kier alpha value is -6.90. The standard InChI is InChI=1S/C55H48N2.5C2H6/c1-7-11-19-40(8-2)43-27-25-42(26-28-43)39(6)57-55(51-22-15-12-18-38(51)5)45-31-29-44(30-32-45)47-33-48(50(10-4)52-23-16-13-20-41(52)9-3)35-49(34-47)54-37-56-36-46-21-14-17-24-53(46)54;5*1-2/h7-12,14-19,21-37H,1,3,5,13,20H2,2,4,6H3;5*1-2H3/b19-11-,40-8+,50-10-,55-51-,57-39?;;;;;. The first-order chi connectivity index (χ1) is 32.9. The molecular weight excluding hydrogens is 809 g/mol. The van der Waals surface area contributed by atoms with E-state index < -0.39 is 0 Å². The fraction of sp³-hybridized carbons (Fsp3) is 0.231. The average molecular weight is 887 g/mol. The highest BCUT2D eigenvalue weighted by Gasteiger charge is 2.16. The summed E-state index contributed by atoms with van der Waals surface area (Å²) in [7, 11) is 0. The van der Waals surface area contributed by atoms with Crippen molar-refractivity contribution in [2.75, 3.05) is 0 Å². The Labute approximate surface area is 406 Å². The lowest BCUT2D eigenvalue weighted by Gasteiger charge is -2.19. The Bertz CT molecular complexity index is 2780. The number of fused-ring (bicyclic) bond motifs is 1. The minimum atomic E-state index is 0.886. The Morgan fingerprint density at radius 1 is 0.627 bits per heavy atom. The lowest BCUT2D eigenvalue weighted by molar-refractivity contribution is 0.980. The maximum absolute atomic E-state index is 5.31. The molecule has 5 aromatic carbocycles. The molecule has 7 rings (SSSR count). The molecule has 348 valence electrons. The number of hydrogen-bond acceptors (Lipinski definition) is 2. The monoisotopic (exact) mass is 887 g/mol. The summed E-state index contributed by atoms with van der Waals surface area (Å²) in [4.78, 5) is 9.97. The molecule has 0 spiro atoms. The Kier molecular flexibility index (Phi) is 26.1. The van der Waals surface area contributed by atoms with Gasteiger partial charge in [0.2, 0.25) is 0 Å². The molecule has 67 heavy (non-hydrogen) atoms. The molecule has 2 heteroatoms. The summed E-state index contributed by atoms with van der Waals surface area (Å²) in [5.74, 6) is 0. The molecule has 0 fully saturated rings. The van der Waals surface area contributed by atoms with Crippen molar-refractivity contribution in [1.82, 2.24) is 4.98 Å². The lowest BCUT2D eigenvalue weighted by atomic mass is 9.85. The number of pyridine rings is 1. The predicted molar refractivity (Wildman–Crippen MR) is 304 cm³/mol. The van der Waals surface area contributed by atoms with Gasteiger partial charge in [0.1, 0.15) is 0 Å². The van der Waals surface area contributed by atoms with E-state index in [0.29, 0.717) is 0 Å². The molecule has 0 aliphatic heterocycles. The van der Waals surface area contributed by atoms with Crippen LogP contribution in [-0.4, -0.2) is 10.7 Å². The van der Waals surface area contributed by atoms with Crippen LogP contribution < -0.4 is 10.4 Å². The average Bonchev–Trinajstić information content (AvgIpc) is 3.41. The van der Waals surface area contributed by atoms with Crippen molar-refractivity contribution in [3.05, 3.63) is 233 Å². The van der Waals surface area contributed by atoms with Crippen LogP contribution >= 0.6 is 0 Å². The van der Waals surface area contributed by atoms with Crippen LogP contribution in [0.2, 0.25) is 0 Å². The molecule has 0 unspecified atom stereocenters. The van der Waals surface area contributed by atoms with Crippen LogP contribution in [0.5, 0.6) is 0 Å². The van der Waals surface area contributed by atoms with Crippen molar-refractivity contribution in [3.8, 4) is 22.3 Å². The van der Waals surface area contributed by atoms with E-state index in [1.807, 2.05) is 106 Å². The van der Waals surface area contributed by atoms with E-state index in [1.165, 1.54) is 22.1 Å². The van der Waals surface area contributed by atoms with Crippen LogP contribution in [0.3, 0.4) is 0 Å². The molecule has 0 saturated carbocycles. The van der Waals surface area contributed by atoms with E-state index >= 15 is 0 Å². The van der Waals surface area contributed by atoms with Gasteiger partial charge >= 0.3 is 0 Å². The number of nitrogens with zero attached hydrogens (tertiary/aromatic N) is 2. The van der Waals surface area contributed by atoms with Gasteiger partial charge in [0.25, 0.3) is 0 Å². The van der Waals surface area contributed by atoms with Gasteiger partial charge in [-0.3, -0.25) is 9.98 Å². The van der Waals surface area contributed by atoms with Crippen LogP contribution in [-0.2, 0) is 0 Å². The summed E-state index contributed by atoms with van der Waals surface area (Å²) >= 11 is 0. The highest BCUT2D eigenvalue weighted by atomic mass is 14.8. The SMILES string of the molecule is C=C/C=C\C(=C/C)c1ccc(C(C)=N/C(c2ccc(-c3cc(/C(=C/C)C4=C(C=C)CCC=C4)cc(-c4cncc5ccccc45)c3)cc2)=c2/ccccc2=C)cc1.CC.CC.CC.CC.CC. The quantitative estimate of drug-likeness (QED) is 0.0940. The smallest absolute Gasteiger partial charge is 0.0783 e. The first-order valence-electron chi connectivity index (χ1n) is 24.6. The van der Waals surface area contributed by atoms with E-state index in [-0.39, 0.29) is 0 Å². The van der Waals surface area contributed by atoms with Crippen molar-refractivity contribution in [1.29, 1.82) is 0 Å². The highest BCUT2D eigenvalue weighted by Crippen LogP contribution is 2.38. The molecule has 0 bridgehead atoms. The minimum absolute atomic E-state index is 0.886. The molecule has 1 aliphatic carbocycles. The van der Waals surface area contributed by atoms with Crippen molar-refractivity contribution in [2.24, 2.45) is 4.99 Å². The van der Waals surface area contributed by atoms with Crippen LogP contribution in [0.4, 0.5) is 0 Å². The summed E-state index contributed by atoms with van der Waals surface area (Å²) in [6.45, 7) is 38.6.